The first-order valence-corrected chi connectivity index (χ1v) is 8.62. The van der Waals surface area contributed by atoms with Crippen LogP contribution in [0.4, 0.5) is 0 Å². The van der Waals surface area contributed by atoms with Crippen LogP contribution in [0, 0.1) is 19.8 Å². The summed E-state index contributed by atoms with van der Waals surface area (Å²) in [4.78, 5) is 0. The predicted molar refractivity (Wildman–Crippen MR) is 87.8 cm³/mol. The zero-order valence-corrected chi connectivity index (χ0v) is 13.7. The Labute approximate surface area is 129 Å². The molecule has 0 amide bonds. The Bertz CT molecular complexity index is 461. The third-order valence-electron chi connectivity index (χ3n) is 4.94. The van der Waals surface area contributed by atoms with Crippen LogP contribution in [0.25, 0.3) is 0 Å². The average molecular weight is 287 g/mol. The fourth-order valence-corrected chi connectivity index (χ4v) is 3.39. The van der Waals surface area contributed by atoms with Crippen molar-refractivity contribution in [1.29, 1.82) is 0 Å². The fourth-order valence-electron chi connectivity index (χ4n) is 3.39. The van der Waals surface area contributed by atoms with E-state index in [2.05, 4.69) is 38.2 Å². The SMILES string of the molecule is Cc1cc(CNC2CC2)cc(C)c1OC1CCC(C)CC1. The number of ether oxygens (including phenoxy) is 1. The summed E-state index contributed by atoms with van der Waals surface area (Å²) in [5.41, 5.74) is 3.98. The van der Waals surface area contributed by atoms with Crippen molar-refractivity contribution in [2.75, 3.05) is 0 Å². The molecule has 116 valence electrons. The van der Waals surface area contributed by atoms with Gasteiger partial charge in [-0.15, -0.1) is 0 Å². The highest BCUT2D eigenvalue weighted by atomic mass is 16.5. The number of hydrogen-bond acceptors (Lipinski definition) is 2. The summed E-state index contributed by atoms with van der Waals surface area (Å²) >= 11 is 0. The maximum Gasteiger partial charge on any atom is 0.125 e. The number of nitrogens with one attached hydrogen (secondary N) is 1. The van der Waals surface area contributed by atoms with Crippen LogP contribution in [0.3, 0.4) is 0 Å². The van der Waals surface area contributed by atoms with E-state index in [-0.39, 0.29) is 0 Å². The molecule has 2 aliphatic rings. The van der Waals surface area contributed by atoms with Gasteiger partial charge in [0.2, 0.25) is 0 Å². The van der Waals surface area contributed by atoms with E-state index in [1.165, 1.54) is 55.2 Å². The first-order chi connectivity index (χ1) is 10.1. The second-order valence-electron chi connectivity index (χ2n) is 7.21. The molecule has 1 N–H and O–H groups in total. The van der Waals surface area contributed by atoms with Crippen molar-refractivity contribution >= 4 is 0 Å². The largest absolute Gasteiger partial charge is 0.490 e. The summed E-state index contributed by atoms with van der Waals surface area (Å²) in [5, 5.41) is 3.59. The van der Waals surface area contributed by atoms with Gasteiger partial charge in [-0.2, -0.15) is 0 Å². The van der Waals surface area contributed by atoms with Crippen molar-refractivity contribution < 1.29 is 4.74 Å². The van der Waals surface area contributed by atoms with Gasteiger partial charge in [-0.25, -0.2) is 0 Å². The Hall–Kier alpha value is -1.02. The van der Waals surface area contributed by atoms with Gasteiger partial charge in [0.1, 0.15) is 5.75 Å². The van der Waals surface area contributed by atoms with Crippen LogP contribution >= 0.6 is 0 Å². The molecule has 0 atom stereocenters. The molecule has 0 heterocycles. The third-order valence-corrected chi connectivity index (χ3v) is 4.94. The summed E-state index contributed by atoms with van der Waals surface area (Å²) in [5.74, 6) is 2.01. The molecule has 0 spiro atoms. The van der Waals surface area contributed by atoms with Crippen LogP contribution in [0.5, 0.6) is 5.75 Å². The molecule has 0 radical (unpaired) electrons. The van der Waals surface area contributed by atoms with Crippen LogP contribution in [0.15, 0.2) is 12.1 Å². The van der Waals surface area contributed by atoms with Crippen molar-refractivity contribution in [1.82, 2.24) is 5.32 Å². The standard InChI is InChI=1S/C19H29NO/c1-13-4-8-18(9-5-13)21-19-14(2)10-16(11-15(19)3)12-20-17-6-7-17/h10-11,13,17-18,20H,4-9,12H2,1-3H3. The van der Waals surface area contributed by atoms with E-state index in [1.54, 1.807) is 0 Å². The molecule has 2 fully saturated rings. The number of rotatable bonds is 5. The Morgan fingerprint density at radius 1 is 1.00 bits per heavy atom. The van der Waals surface area contributed by atoms with Crippen molar-refractivity contribution in [3.8, 4) is 5.75 Å². The minimum atomic E-state index is 0.425. The van der Waals surface area contributed by atoms with E-state index in [4.69, 9.17) is 4.74 Å². The van der Waals surface area contributed by atoms with E-state index >= 15 is 0 Å². The van der Waals surface area contributed by atoms with Crippen molar-refractivity contribution in [2.24, 2.45) is 5.92 Å². The molecule has 2 aliphatic carbocycles. The van der Waals surface area contributed by atoms with E-state index in [0.717, 1.165) is 24.3 Å². The molecule has 2 heteroatoms. The van der Waals surface area contributed by atoms with Crippen LogP contribution in [-0.4, -0.2) is 12.1 Å². The minimum Gasteiger partial charge on any atom is -0.490 e. The lowest BCUT2D eigenvalue weighted by molar-refractivity contribution is 0.134. The zero-order valence-electron chi connectivity index (χ0n) is 13.7. The van der Waals surface area contributed by atoms with E-state index < -0.39 is 0 Å². The summed E-state index contributed by atoms with van der Waals surface area (Å²) in [6.07, 6.45) is 8.17. The molecule has 2 nitrogen and oxygen atoms in total. The van der Waals surface area contributed by atoms with Gasteiger partial charge >= 0.3 is 0 Å². The maximum absolute atomic E-state index is 6.34. The van der Waals surface area contributed by atoms with Crippen LogP contribution in [-0.2, 0) is 6.54 Å². The van der Waals surface area contributed by atoms with Gasteiger partial charge in [-0.1, -0.05) is 19.1 Å². The molecule has 3 rings (SSSR count). The van der Waals surface area contributed by atoms with Gasteiger partial charge in [0.25, 0.3) is 0 Å². The highest BCUT2D eigenvalue weighted by molar-refractivity contribution is 5.43. The summed E-state index contributed by atoms with van der Waals surface area (Å²) in [6, 6.07) is 5.36. The monoisotopic (exact) mass is 287 g/mol. The second kappa shape index (κ2) is 6.39. The van der Waals surface area contributed by atoms with Crippen LogP contribution < -0.4 is 10.1 Å². The lowest BCUT2D eigenvalue weighted by Gasteiger charge is -2.28. The Morgan fingerprint density at radius 2 is 1.62 bits per heavy atom. The number of benzene rings is 1. The minimum absolute atomic E-state index is 0.425. The average Bonchev–Trinajstić information content (AvgIpc) is 3.27. The maximum atomic E-state index is 6.34. The van der Waals surface area contributed by atoms with Gasteiger partial charge in [0.15, 0.2) is 0 Å². The van der Waals surface area contributed by atoms with Crippen molar-refractivity contribution in [3.05, 3.63) is 28.8 Å². The first-order valence-electron chi connectivity index (χ1n) is 8.62. The van der Waals surface area contributed by atoms with Gasteiger partial charge in [-0.3, -0.25) is 0 Å². The first kappa shape index (κ1) is 14.9. The van der Waals surface area contributed by atoms with Gasteiger partial charge in [0.05, 0.1) is 6.10 Å². The molecule has 21 heavy (non-hydrogen) atoms. The van der Waals surface area contributed by atoms with Gasteiger partial charge in [0, 0.05) is 12.6 Å². The lowest BCUT2D eigenvalue weighted by atomic mass is 9.89. The summed E-state index contributed by atoms with van der Waals surface area (Å²) in [7, 11) is 0. The molecular weight excluding hydrogens is 258 g/mol. The molecule has 1 aromatic carbocycles. The topological polar surface area (TPSA) is 21.3 Å². The molecular formula is C19H29NO. The van der Waals surface area contributed by atoms with E-state index in [9.17, 15) is 0 Å². The smallest absolute Gasteiger partial charge is 0.125 e. The van der Waals surface area contributed by atoms with E-state index in [1.807, 2.05) is 0 Å². The highest BCUT2D eigenvalue weighted by Gasteiger charge is 2.22. The van der Waals surface area contributed by atoms with E-state index in [0.29, 0.717) is 6.10 Å². The Kier molecular flexibility index (Phi) is 4.54. The number of hydrogen-bond donors (Lipinski definition) is 1. The fraction of sp³-hybridized carbons (Fsp3) is 0.684. The predicted octanol–water partition coefficient (Wildman–Crippen LogP) is 4.51. The normalized spacial score (nSPS) is 25.9. The molecule has 2 saturated carbocycles. The quantitative estimate of drug-likeness (QED) is 0.860. The zero-order chi connectivity index (χ0) is 14.8. The van der Waals surface area contributed by atoms with Crippen LogP contribution in [0.2, 0.25) is 0 Å². The number of aryl methyl sites for hydroxylation is 2. The molecule has 0 aromatic heterocycles. The molecule has 1 aromatic rings. The summed E-state index contributed by atoms with van der Waals surface area (Å²) < 4.78 is 6.34. The Balaban J connectivity index is 1.64. The van der Waals surface area contributed by atoms with Crippen molar-refractivity contribution in [3.63, 3.8) is 0 Å². The highest BCUT2D eigenvalue weighted by Crippen LogP contribution is 2.31. The van der Waals surface area contributed by atoms with Crippen LogP contribution in [0.1, 0.15) is 62.1 Å². The Morgan fingerprint density at radius 3 is 2.19 bits per heavy atom. The molecule has 0 aliphatic heterocycles. The third kappa shape index (κ3) is 4.00. The second-order valence-corrected chi connectivity index (χ2v) is 7.21. The molecule has 0 unspecified atom stereocenters. The lowest BCUT2D eigenvalue weighted by Crippen LogP contribution is -2.23. The molecule has 0 saturated heterocycles. The van der Waals surface area contributed by atoms with Gasteiger partial charge in [-0.05, 0) is 75.0 Å². The summed E-state index contributed by atoms with van der Waals surface area (Å²) in [6.45, 7) is 7.73. The molecule has 0 bridgehead atoms. The van der Waals surface area contributed by atoms with Gasteiger partial charge < -0.3 is 10.1 Å². The van der Waals surface area contributed by atoms with Crippen molar-refractivity contribution in [2.45, 2.75) is 78.0 Å².